The number of carbonyl (C=O) groups is 2. The van der Waals surface area contributed by atoms with Gasteiger partial charge in [0.05, 0.1) is 24.3 Å². The van der Waals surface area contributed by atoms with Crippen molar-refractivity contribution in [2.75, 3.05) is 7.11 Å². The number of nitriles is 1. The maximum atomic E-state index is 12.6. The van der Waals surface area contributed by atoms with Crippen molar-refractivity contribution in [2.45, 2.75) is 26.5 Å². The van der Waals surface area contributed by atoms with Crippen LogP contribution in [-0.2, 0) is 16.1 Å². The Bertz CT molecular complexity index is 838. The second-order valence-electron chi connectivity index (χ2n) is 6.31. The minimum Gasteiger partial charge on any atom is -0.496 e. The summed E-state index contributed by atoms with van der Waals surface area (Å²) in [6, 6.07) is 14.8. The highest BCUT2D eigenvalue weighted by molar-refractivity contribution is 5.99. The molecule has 0 spiro atoms. The van der Waals surface area contributed by atoms with Gasteiger partial charge in [-0.3, -0.25) is 4.79 Å². The molecule has 0 aromatic heterocycles. The number of carbonyl (C=O) groups excluding carboxylic acids is 2. The molecular weight excluding hydrogens is 344 g/mol. The highest BCUT2D eigenvalue weighted by Crippen LogP contribution is 2.18. The van der Waals surface area contributed by atoms with Gasteiger partial charge in [0, 0.05) is 0 Å². The fourth-order valence-electron chi connectivity index (χ4n) is 2.47. The Labute approximate surface area is 158 Å². The summed E-state index contributed by atoms with van der Waals surface area (Å²) in [5.74, 6) is -0.639. The molecule has 6 heteroatoms. The lowest BCUT2D eigenvalue weighted by Gasteiger charge is -2.21. The van der Waals surface area contributed by atoms with Crippen LogP contribution in [-0.4, -0.2) is 25.0 Å². The first-order chi connectivity index (χ1) is 13.0. The standard InChI is InChI=1S/C21H22N2O4/c1-14(2)19(23-20(24)17-6-4-5-7-18(17)26-3)21(25)27-13-16-10-8-15(12-22)9-11-16/h4-11,14,19H,13H2,1-3H3,(H,23,24)/t19-/m0/s1. The fourth-order valence-corrected chi connectivity index (χ4v) is 2.47. The van der Waals surface area contributed by atoms with Gasteiger partial charge in [0.2, 0.25) is 0 Å². The van der Waals surface area contributed by atoms with Gasteiger partial charge in [-0.25, -0.2) is 4.79 Å². The second kappa shape index (κ2) is 9.39. The van der Waals surface area contributed by atoms with Crippen molar-refractivity contribution in [2.24, 2.45) is 5.92 Å². The van der Waals surface area contributed by atoms with Crippen molar-refractivity contribution >= 4 is 11.9 Å². The van der Waals surface area contributed by atoms with Crippen LogP contribution in [0, 0.1) is 17.2 Å². The summed E-state index contributed by atoms with van der Waals surface area (Å²) >= 11 is 0. The summed E-state index contributed by atoms with van der Waals surface area (Å²) in [4.78, 5) is 25.0. The molecule has 27 heavy (non-hydrogen) atoms. The van der Waals surface area contributed by atoms with E-state index >= 15 is 0 Å². The number of benzene rings is 2. The van der Waals surface area contributed by atoms with Crippen LogP contribution < -0.4 is 10.1 Å². The average molecular weight is 366 g/mol. The molecule has 0 unspecified atom stereocenters. The highest BCUT2D eigenvalue weighted by atomic mass is 16.5. The first-order valence-corrected chi connectivity index (χ1v) is 8.55. The predicted octanol–water partition coefficient (Wildman–Crippen LogP) is 3.06. The van der Waals surface area contributed by atoms with Crippen molar-refractivity contribution in [3.05, 3.63) is 65.2 Å². The number of para-hydroxylation sites is 1. The van der Waals surface area contributed by atoms with Gasteiger partial charge in [0.15, 0.2) is 0 Å². The minimum atomic E-state index is -0.791. The van der Waals surface area contributed by atoms with Gasteiger partial charge in [0.1, 0.15) is 18.4 Å². The molecule has 0 bridgehead atoms. The normalized spacial score (nSPS) is 11.4. The molecule has 1 atom stereocenters. The SMILES string of the molecule is COc1ccccc1C(=O)N[C@H](C(=O)OCc1ccc(C#N)cc1)C(C)C. The van der Waals surface area contributed by atoms with E-state index in [2.05, 4.69) is 5.32 Å². The summed E-state index contributed by atoms with van der Waals surface area (Å²) in [6.45, 7) is 3.73. The van der Waals surface area contributed by atoms with Crippen LogP contribution in [0.1, 0.15) is 35.3 Å². The van der Waals surface area contributed by atoms with E-state index in [1.165, 1.54) is 7.11 Å². The van der Waals surface area contributed by atoms with Crippen LogP contribution >= 0.6 is 0 Å². The number of ether oxygens (including phenoxy) is 2. The second-order valence-corrected chi connectivity index (χ2v) is 6.31. The molecule has 0 saturated heterocycles. The molecule has 2 rings (SSSR count). The quantitative estimate of drug-likeness (QED) is 0.761. The Balaban J connectivity index is 2.04. The molecule has 2 aromatic rings. The lowest BCUT2D eigenvalue weighted by molar-refractivity contribution is -0.148. The number of hydrogen-bond acceptors (Lipinski definition) is 5. The third kappa shape index (κ3) is 5.32. The van der Waals surface area contributed by atoms with Crippen molar-refractivity contribution in [3.63, 3.8) is 0 Å². The molecule has 0 radical (unpaired) electrons. The van der Waals surface area contributed by atoms with Crippen LogP contribution in [0.25, 0.3) is 0 Å². The molecule has 0 fully saturated rings. The predicted molar refractivity (Wildman–Crippen MR) is 100 cm³/mol. The van der Waals surface area contributed by atoms with E-state index in [0.717, 1.165) is 5.56 Å². The van der Waals surface area contributed by atoms with Crippen molar-refractivity contribution in [1.29, 1.82) is 5.26 Å². The van der Waals surface area contributed by atoms with Crippen molar-refractivity contribution in [1.82, 2.24) is 5.32 Å². The molecular formula is C21H22N2O4. The lowest BCUT2D eigenvalue weighted by atomic mass is 10.0. The van der Waals surface area contributed by atoms with Crippen LogP contribution in [0.3, 0.4) is 0 Å². The summed E-state index contributed by atoms with van der Waals surface area (Å²) < 4.78 is 10.5. The number of nitrogens with one attached hydrogen (secondary N) is 1. The van der Waals surface area contributed by atoms with Crippen molar-refractivity contribution < 1.29 is 19.1 Å². The van der Waals surface area contributed by atoms with Gasteiger partial charge in [-0.2, -0.15) is 5.26 Å². The first kappa shape index (κ1) is 20.0. The van der Waals surface area contributed by atoms with Gasteiger partial charge < -0.3 is 14.8 Å². The van der Waals surface area contributed by atoms with E-state index in [9.17, 15) is 9.59 Å². The molecule has 0 aliphatic carbocycles. The van der Waals surface area contributed by atoms with Crippen molar-refractivity contribution in [3.8, 4) is 11.8 Å². The Morgan fingerprint density at radius 2 is 1.78 bits per heavy atom. The third-order valence-corrected chi connectivity index (χ3v) is 4.02. The largest absolute Gasteiger partial charge is 0.496 e. The molecule has 6 nitrogen and oxygen atoms in total. The fraction of sp³-hybridized carbons (Fsp3) is 0.286. The van der Waals surface area contributed by atoms with Gasteiger partial charge in [-0.15, -0.1) is 0 Å². The summed E-state index contributed by atoms with van der Waals surface area (Å²) in [6.07, 6.45) is 0. The van der Waals surface area contributed by atoms with E-state index in [1.807, 2.05) is 19.9 Å². The third-order valence-electron chi connectivity index (χ3n) is 4.02. The summed E-state index contributed by atoms with van der Waals surface area (Å²) in [5.41, 5.74) is 1.65. The molecule has 0 aliphatic heterocycles. The van der Waals surface area contributed by atoms with Gasteiger partial charge >= 0.3 is 5.97 Å². The average Bonchev–Trinajstić information content (AvgIpc) is 2.70. The van der Waals surface area contributed by atoms with E-state index in [-0.39, 0.29) is 12.5 Å². The summed E-state index contributed by atoms with van der Waals surface area (Å²) in [7, 11) is 1.48. The van der Waals surface area contributed by atoms with Gasteiger partial charge in [-0.1, -0.05) is 38.1 Å². The van der Waals surface area contributed by atoms with E-state index in [1.54, 1.807) is 48.5 Å². The number of nitrogens with zero attached hydrogens (tertiary/aromatic N) is 1. The van der Waals surface area contributed by atoms with Crippen LogP contribution in [0.15, 0.2) is 48.5 Å². The zero-order valence-corrected chi connectivity index (χ0v) is 15.6. The zero-order valence-electron chi connectivity index (χ0n) is 15.6. The Kier molecular flexibility index (Phi) is 6.95. The Morgan fingerprint density at radius 3 is 2.37 bits per heavy atom. The molecule has 2 aromatic carbocycles. The van der Waals surface area contributed by atoms with Crippen LogP contribution in [0.4, 0.5) is 0 Å². The van der Waals surface area contributed by atoms with E-state index in [0.29, 0.717) is 16.9 Å². The Hall–Kier alpha value is -3.33. The molecule has 1 N–H and O–H groups in total. The monoisotopic (exact) mass is 366 g/mol. The highest BCUT2D eigenvalue weighted by Gasteiger charge is 2.27. The van der Waals surface area contributed by atoms with Crippen LogP contribution in [0.2, 0.25) is 0 Å². The lowest BCUT2D eigenvalue weighted by Crippen LogP contribution is -2.45. The zero-order chi connectivity index (χ0) is 19.8. The van der Waals surface area contributed by atoms with Crippen LogP contribution in [0.5, 0.6) is 5.75 Å². The molecule has 0 heterocycles. The topological polar surface area (TPSA) is 88.4 Å². The maximum Gasteiger partial charge on any atom is 0.329 e. The molecule has 0 aliphatic rings. The van der Waals surface area contributed by atoms with E-state index in [4.69, 9.17) is 14.7 Å². The number of methoxy groups -OCH3 is 1. The number of hydrogen-bond donors (Lipinski definition) is 1. The van der Waals surface area contributed by atoms with Gasteiger partial charge in [0.25, 0.3) is 5.91 Å². The number of esters is 1. The number of amides is 1. The Morgan fingerprint density at radius 1 is 1.11 bits per heavy atom. The maximum absolute atomic E-state index is 12.6. The van der Waals surface area contributed by atoms with E-state index < -0.39 is 17.9 Å². The summed E-state index contributed by atoms with van der Waals surface area (Å²) in [5, 5.41) is 11.5. The molecule has 0 saturated carbocycles. The first-order valence-electron chi connectivity index (χ1n) is 8.55. The molecule has 1 amide bonds. The minimum absolute atomic E-state index is 0.0677. The van der Waals surface area contributed by atoms with Gasteiger partial charge in [-0.05, 0) is 35.7 Å². The number of rotatable bonds is 7. The smallest absolute Gasteiger partial charge is 0.329 e. The molecule has 140 valence electrons.